The highest BCUT2D eigenvalue weighted by molar-refractivity contribution is 7.89. The van der Waals surface area contributed by atoms with Gasteiger partial charge in [-0.25, -0.2) is 13.1 Å². The first-order valence-electron chi connectivity index (χ1n) is 10.1. The van der Waals surface area contributed by atoms with Gasteiger partial charge in [0.1, 0.15) is 0 Å². The Labute approximate surface area is 183 Å². The standard InChI is InChI=1S/C22H28ClN3O3S/c1-17-4-10-21(11-5-17)30(28,29)25-13-12-24-22(27)19-3-2-14-26(16-19)15-18-6-8-20(23)9-7-18/h4-11,19,25H,2-3,12-16H2,1H3,(H,24,27)/t19-/m1/s1. The van der Waals surface area contributed by atoms with E-state index in [0.29, 0.717) is 11.6 Å². The number of nitrogens with zero attached hydrogens (tertiary/aromatic N) is 1. The lowest BCUT2D eigenvalue weighted by atomic mass is 9.96. The molecule has 1 atom stereocenters. The van der Waals surface area contributed by atoms with Crippen molar-refractivity contribution in [3.05, 3.63) is 64.7 Å². The first-order chi connectivity index (χ1) is 14.3. The Morgan fingerprint density at radius 2 is 1.80 bits per heavy atom. The third-order valence-electron chi connectivity index (χ3n) is 5.24. The van der Waals surface area contributed by atoms with E-state index in [9.17, 15) is 13.2 Å². The maximum absolute atomic E-state index is 12.5. The molecular formula is C22H28ClN3O3S. The Bertz CT molecular complexity index is 947. The Kier molecular flexibility index (Phi) is 7.88. The van der Waals surface area contributed by atoms with Crippen molar-refractivity contribution in [2.75, 3.05) is 26.2 Å². The monoisotopic (exact) mass is 449 g/mol. The summed E-state index contributed by atoms with van der Waals surface area (Å²) in [4.78, 5) is 15.0. The number of carbonyl (C=O) groups is 1. The molecule has 1 aliphatic rings. The number of hydrogen-bond donors (Lipinski definition) is 2. The molecule has 0 bridgehead atoms. The van der Waals surface area contributed by atoms with Crippen LogP contribution in [0.2, 0.25) is 5.02 Å². The maximum atomic E-state index is 12.5. The zero-order valence-electron chi connectivity index (χ0n) is 17.1. The molecule has 1 fully saturated rings. The predicted octanol–water partition coefficient (Wildman–Crippen LogP) is 2.96. The van der Waals surface area contributed by atoms with Crippen LogP contribution in [0.5, 0.6) is 0 Å². The number of benzene rings is 2. The maximum Gasteiger partial charge on any atom is 0.240 e. The summed E-state index contributed by atoms with van der Waals surface area (Å²) in [7, 11) is -3.57. The number of nitrogens with one attached hydrogen (secondary N) is 2. The first kappa shape index (κ1) is 22.7. The largest absolute Gasteiger partial charge is 0.355 e. The molecule has 2 aromatic carbocycles. The van der Waals surface area contributed by atoms with Crippen LogP contribution in [0, 0.1) is 12.8 Å². The molecule has 0 aliphatic carbocycles. The summed E-state index contributed by atoms with van der Waals surface area (Å²) in [6.07, 6.45) is 1.81. The molecule has 2 N–H and O–H groups in total. The van der Waals surface area contributed by atoms with E-state index in [-0.39, 0.29) is 29.8 Å². The van der Waals surface area contributed by atoms with Gasteiger partial charge in [-0.05, 0) is 56.1 Å². The van der Waals surface area contributed by atoms with E-state index in [1.54, 1.807) is 24.3 Å². The second-order valence-electron chi connectivity index (χ2n) is 7.70. The van der Waals surface area contributed by atoms with Crippen LogP contribution in [0.15, 0.2) is 53.4 Å². The van der Waals surface area contributed by atoms with Gasteiger partial charge in [-0.3, -0.25) is 9.69 Å². The van der Waals surface area contributed by atoms with Crippen molar-refractivity contribution >= 4 is 27.5 Å². The smallest absolute Gasteiger partial charge is 0.240 e. The van der Waals surface area contributed by atoms with E-state index in [2.05, 4.69) is 14.9 Å². The predicted molar refractivity (Wildman–Crippen MR) is 119 cm³/mol. The summed E-state index contributed by atoms with van der Waals surface area (Å²) in [5, 5.41) is 3.58. The topological polar surface area (TPSA) is 78.5 Å². The van der Waals surface area contributed by atoms with Crippen LogP contribution in [0.3, 0.4) is 0 Å². The van der Waals surface area contributed by atoms with E-state index in [1.165, 1.54) is 5.56 Å². The van der Waals surface area contributed by atoms with Crippen LogP contribution >= 0.6 is 11.6 Å². The van der Waals surface area contributed by atoms with Gasteiger partial charge < -0.3 is 5.32 Å². The first-order valence-corrected chi connectivity index (χ1v) is 12.0. The van der Waals surface area contributed by atoms with Gasteiger partial charge in [0.05, 0.1) is 10.8 Å². The molecule has 1 saturated heterocycles. The fourth-order valence-corrected chi connectivity index (χ4v) is 4.74. The Morgan fingerprint density at radius 1 is 1.10 bits per heavy atom. The molecule has 0 unspecified atom stereocenters. The van der Waals surface area contributed by atoms with Crippen molar-refractivity contribution in [1.82, 2.24) is 14.9 Å². The minimum atomic E-state index is -3.57. The number of halogens is 1. The fraction of sp³-hybridized carbons (Fsp3) is 0.409. The van der Waals surface area contributed by atoms with Crippen molar-refractivity contribution in [1.29, 1.82) is 0 Å². The van der Waals surface area contributed by atoms with Crippen molar-refractivity contribution < 1.29 is 13.2 Å². The second kappa shape index (κ2) is 10.4. The van der Waals surface area contributed by atoms with Crippen molar-refractivity contribution in [2.45, 2.75) is 31.2 Å². The highest BCUT2D eigenvalue weighted by atomic mass is 35.5. The summed E-state index contributed by atoms with van der Waals surface area (Å²) in [5.74, 6) is -0.106. The number of amides is 1. The number of carbonyl (C=O) groups excluding carboxylic acids is 1. The lowest BCUT2D eigenvalue weighted by molar-refractivity contribution is -0.126. The molecule has 2 aromatic rings. The number of piperidine rings is 1. The van der Waals surface area contributed by atoms with E-state index < -0.39 is 10.0 Å². The van der Waals surface area contributed by atoms with Gasteiger partial charge in [0.15, 0.2) is 0 Å². The van der Waals surface area contributed by atoms with Gasteiger partial charge in [-0.2, -0.15) is 0 Å². The number of sulfonamides is 1. The third kappa shape index (κ3) is 6.54. The number of likely N-dealkylation sites (tertiary alicyclic amines) is 1. The van der Waals surface area contributed by atoms with Crippen LogP contribution in [-0.2, 0) is 21.4 Å². The second-order valence-corrected chi connectivity index (χ2v) is 9.91. The zero-order valence-corrected chi connectivity index (χ0v) is 18.7. The lowest BCUT2D eigenvalue weighted by Gasteiger charge is -2.32. The molecule has 6 nitrogen and oxygen atoms in total. The van der Waals surface area contributed by atoms with Crippen LogP contribution in [-0.4, -0.2) is 45.4 Å². The third-order valence-corrected chi connectivity index (χ3v) is 6.97. The average Bonchev–Trinajstić information content (AvgIpc) is 2.73. The van der Waals surface area contributed by atoms with E-state index in [4.69, 9.17) is 11.6 Å². The summed E-state index contributed by atoms with van der Waals surface area (Å²) in [6.45, 7) is 4.77. The molecule has 30 heavy (non-hydrogen) atoms. The molecule has 3 rings (SSSR count). The van der Waals surface area contributed by atoms with E-state index in [1.807, 2.05) is 31.2 Å². The Morgan fingerprint density at radius 3 is 2.50 bits per heavy atom. The summed E-state index contributed by atoms with van der Waals surface area (Å²) >= 11 is 5.94. The number of rotatable bonds is 8. The van der Waals surface area contributed by atoms with Crippen molar-refractivity contribution in [3.63, 3.8) is 0 Å². The minimum absolute atomic E-state index is 0.0228. The minimum Gasteiger partial charge on any atom is -0.355 e. The fourth-order valence-electron chi connectivity index (χ4n) is 3.58. The molecule has 0 saturated carbocycles. The number of hydrogen-bond acceptors (Lipinski definition) is 4. The molecule has 8 heteroatoms. The highest BCUT2D eigenvalue weighted by Crippen LogP contribution is 2.19. The molecule has 0 aromatic heterocycles. The van der Waals surface area contributed by atoms with Gasteiger partial charge in [-0.1, -0.05) is 41.4 Å². The number of aryl methyl sites for hydroxylation is 1. The molecule has 1 heterocycles. The summed E-state index contributed by atoms with van der Waals surface area (Å²) in [5.41, 5.74) is 2.17. The zero-order chi connectivity index (χ0) is 21.6. The lowest BCUT2D eigenvalue weighted by Crippen LogP contribution is -2.44. The van der Waals surface area contributed by atoms with Gasteiger partial charge in [-0.15, -0.1) is 0 Å². The normalized spacial score (nSPS) is 17.6. The molecule has 1 amide bonds. The molecule has 0 radical (unpaired) electrons. The molecule has 162 valence electrons. The highest BCUT2D eigenvalue weighted by Gasteiger charge is 2.25. The van der Waals surface area contributed by atoms with Crippen LogP contribution in [0.1, 0.15) is 24.0 Å². The van der Waals surface area contributed by atoms with Crippen LogP contribution in [0.25, 0.3) is 0 Å². The summed E-state index contributed by atoms with van der Waals surface area (Å²) < 4.78 is 27.1. The van der Waals surface area contributed by atoms with E-state index >= 15 is 0 Å². The van der Waals surface area contributed by atoms with Gasteiger partial charge in [0, 0.05) is 31.2 Å². The van der Waals surface area contributed by atoms with Crippen LogP contribution < -0.4 is 10.0 Å². The van der Waals surface area contributed by atoms with Crippen molar-refractivity contribution in [2.24, 2.45) is 5.92 Å². The molecule has 1 aliphatic heterocycles. The Hall–Kier alpha value is -1.93. The quantitative estimate of drug-likeness (QED) is 0.607. The van der Waals surface area contributed by atoms with Gasteiger partial charge in [0.25, 0.3) is 0 Å². The van der Waals surface area contributed by atoms with Crippen molar-refractivity contribution in [3.8, 4) is 0 Å². The Balaban J connectivity index is 1.43. The van der Waals surface area contributed by atoms with Gasteiger partial charge >= 0.3 is 0 Å². The van der Waals surface area contributed by atoms with E-state index in [0.717, 1.165) is 31.5 Å². The van der Waals surface area contributed by atoms with Crippen LogP contribution in [0.4, 0.5) is 0 Å². The molecule has 0 spiro atoms. The SMILES string of the molecule is Cc1ccc(S(=O)(=O)NCCNC(=O)[C@@H]2CCCN(Cc3ccc(Cl)cc3)C2)cc1. The average molecular weight is 450 g/mol. The summed E-state index contributed by atoms with van der Waals surface area (Å²) in [6, 6.07) is 14.4. The van der Waals surface area contributed by atoms with Gasteiger partial charge in [0.2, 0.25) is 15.9 Å². The molecular weight excluding hydrogens is 422 g/mol.